The molecule has 1 saturated heterocycles. The van der Waals surface area contributed by atoms with Gasteiger partial charge in [-0.3, -0.25) is 9.59 Å². The lowest BCUT2D eigenvalue weighted by atomic mass is 10.0. The molecule has 0 saturated carbocycles. The fourth-order valence-electron chi connectivity index (χ4n) is 2.02. The average Bonchev–Trinajstić information content (AvgIpc) is 2.28. The van der Waals surface area contributed by atoms with Crippen molar-refractivity contribution in [1.29, 1.82) is 0 Å². The van der Waals surface area contributed by atoms with Gasteiger partial charge in [0, 0.05) is 25.6 Å². The zero-order valence-electron chi connectivity index (χ0n) is 10.5. The molecular weight excluding hydrogens is 240 g/mol. The molecule has 0 bridgehead atoms. The van der Waals surface area contributed by atoms with Crippen LogP contribution in [0.15, 0.2) is 0 Å². The highest BCUT2D eigenvalue weighted by atomic mass is 35.5. The maximum Gasteiger partial charge on any atom is 0.237 e. The van der Waals surface area contributed by atoms with E-state index in [0.29, 0.717) is 25.4 Å². The van der Waals surface area contributed by atoms with Gasteiger partial charge in [0.25, 0.3) is 0 Å². The van der Waals surface area contributed by atoms with Gasteiger partial charge in [-0.15, -0.1) is 11.6 Å². The Morgan fingerprint density at radius 2 is 1.94 bits per heavy atom. The predicted molar refractivity (Wildman–Crippen MR) is 67.9 cm³/mol. The van der Waals surface area contributed by atoms with Crippen LogP contribution in [-0.2, 0) is 9.59 Å². The normalized spacial score (nSPS) is 17.3. The molecule has 1 rings (SSSR count). The highest BCUT2D eigenvalue weighted by Gasteiger charge is 2.23. The lowest BCUT2D eigenvalue weighted by molar-refractivity contribution is -0.129. The van der Waals surface area contributed by atoms with Crippen LogP contribution < -0.4 is 5.32 Å². The van der Waals surface area contributed by atoms with E-state index in [2.05, 4.69) is 5.32 Å². The van der Waals surface area contributed by atoms with Crippen molar-refractivity contribution in [2.24, 2.45) is 5.92 Å². The number of nitrogens with one attached hydrogen (secondary N) is 1. The maximum absolute atomic E-state index is 11.6. The third kappa shape index (κ3) is 4.94. The third-order valence-corrected chi connectivity index (χ3v) is 3.15. The zero-order chi connectivity index (χ0) is 12.8. The summed E-state index contributed by atoms with van der Waals surface area (Å²) >= 11 is 5.50. The number of hydrogen-bond acceptors (Lipinski definition) is 2. The number of likely N-dealkylation sites (tertiary alicyclic amines) is 1. The van der Waals surface area contributed by atoms with Crippen LogP contribution in [0.3, 0.4) is 0 Å². The number of hydrogen-bond donors (Lipinski definition) is 1. The number of piperidine rings is 1. The van der Waals surface area contributed by atoms with E-state index >= 15 is 0 Å². The Kier molecular flexibility index (Phi) is 5.75. The molecular formula is C12H21ClN2O2. The molecule has 0 unspecified atom stereocenters. The fourth-order valence-corrected chi connectivity index (χ4v) is 2.18. The molecule has 1 heterocycles. The van der Waals surface area contributed by atoms with Crippen LogP contribution in [0.1, 0.15) is 33.1 Å². The number of alkyl halides is 1. The summed E-state index contributed by atoms with van der Waals surface area (Å²) in [4.78, 5) is 24.7. The van der Waals surface area contributed by atoms with Crippen LogP contribution >= 0.6 is 11.6 Å². The van der Waals surface area contributed by atoms with Gasteiger partial charge in [-0.05, 0) is 18.8 Å². The number of carbonyl (C=O) groups excluding carboxylic acids is 2. The molecule has 5 heteroatoms. The van der Waals surface area contributed by atoms with E-state index < -0.39 is 0 Å². The van der Waals surface area contributed by atoms with Gasteiger partial charge in [-0.1, -0.05) is 13.8 Å². The van der Waals surface area contributed by atoms with Gasteiger partial charge in [0.15, 0.2) is 0 Å². The summed E-state index contributed by atoms with van der Waals surface area (Å²) in [5, 5.41) is 3.02. The highest BCUT2D eigenvalue weighted by molar-refractivity contribution is 6.27. The molecule has 1 N–H and O–H groups in total. The van der Waals surface area contributed by atoms with Crippen molar-refractivity contribution in [3.8, 4) is 0 Å². The molecule has 17 heavy (non-hydrogen) atoms. The number of nitrogens with zero attached hydrogens (tertiary/aromatic N) is 1. The molecule has 1 aliphatic heterocycles. The summed E-state index contributed by atoms with van der Waals surface area (Å²) in [6, 6.07) is 0.209. The third-order valence-electron chi connectivity index (χ3n) is 2.92. The molecule has 0 aromatic rings. The molecule has 0 aromatic carbocycles. The van der Waals surface area contributed by atoms with Crippen molar-refractivity contribution in [2.75, 3.05) is 19.0 Å². The Morgan fingerprint density at radius 3 is 2.41 bits per heavy atom. The Hall–Kier alpha value is -0.770. The summed E-state index contributed by atoms with van der Waals surface area (Å²) in [7, 11) is 0. The van der Waals surface area contributed by atoms with E-state index in [4.69, 9.17) is 11.6 Å². The number of amides is 2. The first-order valence-electron chi connectivity index (χ1n) is 6.16. The maximum atomic E-state index is 11.6. The van der Waals surface area contributed by atoms with Crippen LogP contribution in [-0.4, -0.2) is 41.7 Å². The lowest BCUT2D eigenvalue weighted by Crippen LogP contribution is -2.47. The fraction of sp³-hybridized carbons (Fsp3) is 0.833. The van der Waals surface area contributed by atoms with Crippen molar-refractivity contribution in [1.82, 2.24) is 10.2 Å². The molecule has 1 aliphatic rings. The molecule has 0 aliphatic carbocycles. The number of halogens is 1. The lowest BCUT2D eigenvalue weighted by Gasteiger charge is -2.32. The Bertz CT molecular complexity index is 274. The predicted octanol–water partition coefficient (Wildman–Crippen LogP) is 1.38. The van der Waals surface area contributed by atoms with Crippen molar-refractivity contribution < 1.29 is 9.59 Å². The Labute approximate surface area is 108 Å². The van der Waals surface area contributed by atoms with Gasteiger partial charge in [0.05, 0.1) is 0 Å². The molecule has 0 spiro atoms. The topological polar surface area (TPSA) is 49.4 Å². The van der Waals surface area contributed by atoms with E-state index in [-0.39, 0.29) is 23.7 Å². The van der Waals surface area contributed by atoms with E-state index in [9.17, 15) is 9.59 Å². The SMILES string of the molecule is CC(C)CC(=O)NC1CCN(C(=O)CCl)CC1. The average molecular weight is 261 g/mol. The summed E-state index contributed by atoms with van der Waals surface area (Å²) < 4.78 is 0. The van der Waals surface area contributed by atoms with Gasteiger partial charge in [0.1, 0.15) is 5.88 Å². The minimum Gasteiger partial charge on any atom is -0.353 e. The first-order valence-corrected chi connectivity index (χ1v) is 6.69. The van der Waals surface area contributed by atoms with Gasteiger partial charge in [-0.25, -0.2) is 0 Å². The summed E-state index contributed by atoms with van der Waals surface area (Å²) in [6.45, 7) is 5.44. The van der Waals surface area contributed by atoms with Crippen LogP contribution in [0.25, 0.3) is 0 Å². The van der Waals surface area contributed by atoms with Crippen LogP contribution in [0, 0.1) is 5.92 Å². The zero-order valence-corrected chi connectivity index (χ0v) is 11.3. The Balaban J connectivity index is 2.27. The van der Waals surface area contributed by atoms with E-state index in [1.54, 1.807) is 4.90 Å². The number of rotatable bonds is 4. The van der Waals surface area contributed by atoms with Crippen LogP contribution in [0.4, 0.5) is 0 Å². The standard InChI is InChI=1S/C12H21ClN2O2/c1-9(2)7-11(16)14-10-3-5-15(6-4-10)12(17)8-13/h9-10H,3-8H2,1-2H3,(H,14,16). The number of carbonyl (C=O) groups is 2. The molecule has 4 nitrogen and oxygen atoms in total. The summed E-state index contributed by atoms with van der Waals surface area (Å²) in [6.07, 6.45) is 2.22. The molecule has 0 radical (unpaired) electrons. The van der Waals surface area contributed by atoms with Gasteiger partial charge in [0.2, 0.25) is 11.8 Å². The van der Waals surface area contributed by atoms with E-state index in [0.717, 1.165) is 12.8 Å². The van der Waals surface area contributed by atoms with E-state index in [1.165, 1.54) is 0 Å². The minimum absolute atomic E-state index is 0.0152. The smallest absolute Gasteiger partial charge is 0.237 e. The highest BCUT2D eigenvalue weighted by Crippen LogP contribution is 2.11. The van der Waals surface area contributed by atoms with Crippen LogP contribution in [0.5, 0.6) is 0 Å². The molecule has 0 aromatic heterocycles. The second kappa shape index (κ2) is 6.84. The first-order chi connectivity index (χ1) is 8.02. The molecule has 1 fully saturated rings. The second-order valence-corrected chi connectivity index (χ2v) is 5.22. The van der Waals surface area contributed by atoms with E-state index in [1.807, 2.05) is 13.8 Å². The molecule has 2 amide bonds. The van der Waals surface area contributed by atoms with Crippen molar-refractivity contribution in [3.63, 3.8) is 0 Å². The minimum atomic E-state index is -0.0152. The second-order valence-electron chi connectivity index (χ2n) is 4.95. The Morgan fingerprint density at radius 1 is 1.35 bits per heavy atom. The molecule has 98 valence electrons. The molecule has 0 atom stereocenters. The van der Waals surface area contributed by atoms with Gasteiger partial charge < -0.3 is 10.2 Å². The first kappa shape index (κ1) is 14.3. The van der Waals surface area contributed by atoms with Crippen molar-refractivity contribution in [3.05, 3.63) is 0 Å². The van der Waals surface area contributed by atoms with Crippen molar-refractivity contribution >= 4 is 23.4 Å². The largest absolute Gasteiger partial charge is 0.353 e. The van der Waals surface area contributed by atoms with Gasteiger partial charge >= 0.3 is 0 Å². The van der Waals surface area contributed by atoms with Crippen molar-refractivity contribution in [2.45, 2.75) is 39.2 Å². The quantitative estimate of drug-likeness (QED) is 0.777. The monoisotopic (exact) mass is 260 g/mol. The van der Waals surface area contributed by atoms with Gasteiger partial charge in [-0.2, -0.15) is 0 Å². The summed E-state index contributed by atoms with van der Waals surface area (Å²) in [5.74, 6) is 0.526. The summed E-state index contributed by atoms with van der Waals surface area (Å²) in [5.41, 5.74) is 0. The van der Waals surface area contributed by atoms with Crippen LogP contribution in [0.2, 0.25) is 0 Å².